The Labute approximate surface area is 57.5 Å². The predicted octanol–water partition coefficient (Wildman–Crippen LogP) is 1.02. The third-order valence-corrected chi connectivity index (χ3v) is 0.862. The molecule has 2 nitrogen and oxygen atoms in total. The summed E-state index contributed by atoms with van der Waals surface area (Å²) in [6, 6.07) is 0. The van der Waals surface area contributed by atoms with E-state index in [0.29, 0.717) is 12.0 Å². The zero-order chi connectivity index (χ0) is 7.91. The predicted molar refractivity (Wildman–Crippen MR) is 39.3 cm³/mol. The number of aliphatic hydroxyl groups is 2. The normalized spacial score (nSPS) is 10.0. The van der Waals surface area contributed by atoms with E-state index in [2.05, 4.69) is 20.8 Å². The number of aliphatic hydroxyl groups excluding tert-OH is 2. The van der Waals surface area contributed by atoms with Crippen LogP contribution in [0.1, 0.15) is 27.2 Å². The molecule has 0 aliphatic carbocycles. The van der Waals surface area contributed by atoms with Crippen LogP contribution in [0.25, 0.3) is 0 Å². The fraction of sp³-hybridized carbons (Fsp3) is 1.00. The van der Waals surface area contributed by atoms with Crippen LogP contribution >= 0.6 is 0 Å². The summed E-state index contributed by atoms with van der Waals surface area (Å²) in [7, 11) is 1.00. The van der Waals surface area contributed by atoms with Crippen LogP contribution in [0.5, 0.6) is 0 Å². The molecule has 2 N–H and O–H groups in total. The van der Waals surface area contributed by atoms with Gasteiger partial charge in [0.15, 0.2) is 0 Å². The maximum atomic E-state index is 8.40. The van der Waals surface area contributed by atoms with Crippen molar-refractivity contribution in [3.8, 4) is 0 Å². The van der Waals surface area contributed by atoms with Crippen molar-refractivity contribution in [3.63, 3.8) is 0 Å². The van der Waals surface area contributed by atoms with Crippen molar-refractivity contribution in [2.75, 3.05) is 13.7 Å². The van der Waals surface area contributed by atoms with E-state index in [1.165, 1.54) is 0 Å². The molecule has 9 heavy (non-hydrogen) atoms. The van der Waals surface area contributed by atoms with Gasteiger partial charge in [0.05, 0.1) is 0 Å². The van der Waals surface area contributed by atoms with Gasteiger partial charge in [0.25, 0.3) is 0 Å². The number of rotatable bonds is 1. The van der Waals surface area contributed by atoms with E-state index in [1.54, 1.807) is 0 Å². The van der Waals surface area contributed by atoms with Gasteiger partial charge in [0.1, 0.15) is 0 Å². The maximum Gasteiger partial charge on any atom is 0.0436 e. The third-order valence-electron chi connectivity index (χ3n) is 0.862. The first kappa shape index (κ1) is 11.7. The van der Waals surface area contributed by atoms with Crippen molar-refractivity contribution in [2.24, 2.45) is 5.41 Å². The van der Waals surface area contributed by atoms with Gasteiger partial charge in [-0.3, -0.25) is 0 Å². The van der Waals surface area contributed by atoms with E-state index in [0.717, 1.165) is 13.5 Å². The minimum atomic E-state index is 0.300. The van der Waals surface area contributed by atoms with E-state index in [4.69, 9.17) is 10.2 Å². The van der Waals surface area contributed by atoms with E-state index < -0.39 is 0 Å². The van der Waals surface area contributed by atoms with E-state index in [9.17, 15) is 0 Å². The molecule has 0 fully saturated rings. The van der Waals surface area contributed by atoms with Crippen LogP contribution in [-0.4, -0.2) is 23.9 Å². The molecule has 0 heterocycles. The van der Waals surface area contributed by atoms with Crippen LogP contribution in [0.2, 0.25) is 0 Å². The van der Waals surface area contributed by atoms with Crippen LogP contribution < -0.4 is 0 Å². The van der Waals surface area contributed by atoms with Gasteiger partial charge >= 0.3 is 0 Å². The molecule has 0 aromatic carbocycles. The smallest absolute Gasteiger partial charge is 0.0436 e. The Morgan fingerprint density at radius 1 is 1.11 bits per heavy atom. The summed E-state index contributed by atoms with van der Waals surface area (Å²) in [5.74, 6) is 0. The Morgan fingerprint density at radius 2 is 1.44 bits per heavy atom. The van der Waals surface area contributed by atoms with Crippen LogP contribution in [-0.2, 0) is 0 Å². The van der Waals surface area contributed by atoms with Crippen LogP contribution in [0.15, 0.2) is 0 Å². The number of hydrogen-bond acceptors (Lipinski definition) is 2. The SMILES string of the molecule is CC(C)(C)CCO.CO. The molecule has 58 valence electrons. The molecule has 0 bridgehead atoms. The molecule has 0 aromatic heterocycles. The maximum absolute atomic E-state index is 8.40. The first-order chi connectivity index (χ1) is 4.06. The van der Waals surface area contributed by atoms with Crippen LogP contribution in [0.4, 0.5) is 0 Å². The second-order valence-electron chi connectivity index (χ2n) is 3.03. The van der Waals surface area contributed by atoms with Crippen molar-refractivity contribution >= 4 is 0 Å². The molecule has 0 atom stereocenters. The average Bonchev–Trinajstić information content (AvgIpc) is 1.69. The molecular weight excluding hydrogens is 116 g/mol. The molecule has 0 unspecified atom stereocenters. The minimum Gasteiger partial charge on any atom is -0.400 e. The summed E-state index contributed by atoms with van der Waals surface area (Å²) in [6.07, 6.45) is 0.896. The van der Waals surface area contributed by atoms with E-state index in [-0.39, 0.29) is 0 Å². The molecule has 0 rings (SSSR count). The topological polar surface area (TPSA) is 40.5 Å². The Balaban J connectivity index is 0. The second-order valence-corrected chi connectivity index (χ2v) is 3.03. The first-order valence-electron chi connectivity index (χ1n) is 3.12. The molecular formula is C7H18O2. The standard InChI is InChI=1S/C6H14O.CH4O/c1-6(2,3)4-5-7;1-2/h7H,4-5H2,1-3H3;2H,1H3. The zero-order valence-corrected chi connectivity index (χ0v) is 6.81. The molecule has 2 heteroatoms. The lowest BCUT2D eigenvalue weighted by atomic mass is 9.93. The van der Waals surface area contributed by atoms with Gasteiger partial charge in [0, 0.05) is 13.7 Å². The monoisotopic (exact) mass is 134 g/mol. The van der Waals surface area contributed by atoms with Crippen LogP contribution in [0.3, 0.4) is 0 Å². The second kappa shape index (κ2) is 6.05. The van der Waals surface area contributed by atoms with Crippen molar-refractivity contribution in [2.45, 2.75) is 27.2 Å². The van der Waals surface area contributed by atoms with Crippen molar-refractivity contribution < 1.29 is 10.2 Å². The summed E-state index contributed by atoms with van der Waals surface area (Å²) >= 11 is 0. The molecule has 0 radical (unpaired) electrons. The summed E-state index contributed by atoms with van der Waals surface area (Å²) in [5.41, 5.74) is 0.300. The highest BCUT2D eigenvalue weighted by molar-refractivity contribution is 4.58. The van der Waals surface area contributed by atoms with Crippen LogP contribution in [0, 0.1) is 5.41 Å². The molecule has 0 aliphatic rings. The van der Waals surface area contributed by atoms with Crippen molar-refractivity contribution in [1.29, 1.82) is 0 Å². The van der Waals surface area contributed by atoms with Gasteiger partial charge in [-0.15, -0.1) is 0 Å². The Kier molecular flexibility index (Phi) is 7.85. The lowest BCUT2D eigenvalue weighted by Gasteiger charge is -2.14. The highest BCUT2D eigenvalue weighted by Crippen LogP contribution is 2.16. The largest absolute Gasteiger partial charge is 0.400 e. The Morgan fingerprint density at radius 3 is 1.44 bits per heavy atom. The van der Waals surface area contributed by atoms with E-state index >= 15 is 0 Å². The molecule has 0 saturated heterocycles. The van der Waals surface area contributed by atoms with E-state index in [1.807, 2.05) is 0 Å². The fourth-order valence-corrected chi connectivity index (χ4v) is 0.335. The third kappa shape index (κ3) is 18.1. The van der Waals surface area contributed by atoms with Gasteiger partial charge in [-0.1, -0.05) is 20.8 Å². The highest BCUT2D eigenvalue weighted by Gasteiger charge is 2.06. The fourth-order valence-electron chi connectivity index (χ4n) is 0.335. The first-order valence-corrected chi connectivity index (χ1v) is 3.12. The summed E-state index contributed by atoms with van der Waals surface area (Å²) in [5, 5.41) is 15.4. The quantitative estimate of drug-likeness (QED) is 0.562. The molecule has 0 aromatic rings. The molecule has 0 aliphatic heterocycles. The van der Waals surface area contributed by atoms with Gasteiger partial charge in [0.2, 0.25) is 0 Å². The zero-order valence-electron chi connectivity index (χ0n) is 6.81. The Bertz CT molecular complexity index is 45.4. The summed E-state index contributed by atoms with van der Waals surface area (Å²) < 4.78 is 0. The number of hydrogen-bond donors (Lipinski definition) is 2. The lowest BCUT2D eigenvalue weighted by Crippen LogP contribution is -2.06. The summed E-state index contributed by atoms with van der Waals surface area (Å²) in [4.78, 5) is 0. The summed E-state index contributed by atoms with van der Waals surface area (Å²) in [6.45, 7) is 6.65. The van der Waals surface area contributed by atoms with Gasteiger partial charge < -0.3 is 10.2 Å². The molecule has 0 amide bonds. The van der Waals surface area contributed by atoms with Gasteiger partial charge in [-0.25, -0.2) is 0 Å². The Hall–Kier alpha value is -0.0800. The average molecular weight is 134 g/mol. The van der Waals surface area contributed by atoms with Crippen molar-refractivity contribution in [1.82, 2.24) is 0 Å². The van der Waals surface area contributed by atoms with Gasteiger partial charge in [-0.2, -0.15) is 0 Å². The lowest BCUT2D eigenvalue weighted by molar-refractivity contribution is 0.225. The van der Waals surface area contributed by atoms with Crippen molar-refractivity contribution in [3.05, 3.63) is 0 Å². The minimum absolute atomic E-state index is 0.300. The highest BCUT2D eigenvalue weighted by atomic mass is 16.3. The van der Waals surface area contributed by atoms with Gasteiger partial charge in [-0.05, 0) is 11.8 Å². The molecule has 0 spiro atoms. The molecule has 0 saturated carbocycles.